The molecular formula is C18H17FN2O. The van der Waals surface area contributed by atoms with Gasteiger partial charge in [-0.2, -0.15) is 0 Å². The Morgan fingerprint density at radius 1 is 1.18 bits per heavy atom. The summed E-state index contributed by atoms with van der Waals surface area (Å²) < 4.78 is 12.9. The molecule has 0 unspecified atom stereocenters. The first-order valence-electron chi connectivity index (χ1n) is 6.89. The molecule has 0 aliphatic carbocycles. The summed E-state index contributed by atoms with van der Waals surface area (Å²) in [7, 11) is 0. The number of carbonyl (C=O) groups excluding carboxylic acids is 1. The predicted molar refractivity (Wildman–Crippen MR) is 84.0 cm³/mol. The van der Waals surface area contributed by atoms with Crippen molar-refractivity contribution >= 4 is 5.91 Å². The highest BCUT2D eigenvalue weighted by Crippen LogP contribution is 2.15. The molecule has 22 heavy (non-hydrogen) atoms. The smallest absolute Gasteiger partial charge is 0.245 e. The molecule has 0 aliphatic rings. The van der Waals surface area contributed by atoms with Crippen molar-refractivity contribution in [1.82, 2.24) is 4.90 Å². The highest BCUT2D eigenvalue weighted by molar-refractivity contribution is 5.83. The summed E-state index contributed by atoms with van der Waals surface area (Å²) in [4.78, 5) is 14.0. The van der Waals surface area contributed by atoms with Gasteiger partial charge in [-0.05, 0) is 23.3 Å². The second-order valence-electron chi connectivity index (χ2n) is 4.91. The van der Waals surface area contributed by atoms with Gasteiger partial charge in [0.15, 0.2) is 0 Å². The van der Waals surface area contributed by atoms with Crippen LogP contribution < -0.4 is 5.73 Å². The summed E-state index contributed by atoms with van der Waals surface area (Å²) in [6, 6.07) is 14.3. The maximum atomic E-state index is 12.9. The standard InChI is InChI=1S/C18H17FN2O/c1-2-12-21(13-14-8-10-16(19)11-9-14)18(22)17(20)15-6-4-3-5-7-15/h1,3-11,17H,12-13,20H2/t17-/m0/s1. The molecule has 2 rings (SSSR count). The van der Waals surface area contributed by atoms with E-state index >= 15 is 0 Å². The Bertz CT molecular complexity index is 662. The van der Waals surface area contributed by atoms with Crippen LogP contribution in [0.3, 0.4) is 0 Å². The topological polar surface area (TPSA) is 46.3 Å². The lowest BCUT2D eigenvalue weighted by Crippen LogP contribution is -2.38. The Morgan fingerprint density at radius 3 is 2.41 bits per heavy atom. The van der Waals surface area contributed by atoms with Crippen molar-refractivity contribution in [1.29, 1.82) is 0 Å². The maximum Gasteiger partial charge on any atom is 0.245 e. The largest absolute Gasteiger partial charge is 0.326 e. The third kappa shape index (κ3) is 3.94. The van der Waals surface area contributed by atoms with Crippen LogP contribution in [0.2, 0.25) is 0 Å². The zero-order valence-electron chi connectivity index (χ0n) is 12.1. The summed E-state index contributed by atoms with van der Waals surface area (Å²) in [5, 5.41) is 0. The molecule has 0 heterocycles. The average Bonchev–Trinajstić information content (AvgIpc) is 2.56. The van der Waals surface area contributed by atoms with Crippen molar-refractivity contribution in [2.45, 2.75) is 12.6 Å². The number of benzene rings is 2. The SMILES string of the molecule is C#CCN(Cc1ccc(F)cc1)C(=O)[C@@H](N)c1ccccc1. The number of nitrogens with two attached hydrogens (primary N) is 1. The first-order valence-corrected chi connectivity index (χ1v) is 6.89. The lowest BCUT2D eigenvalue weighted by Gasteiger charge is -2.24. The second kappa shape index (κ2) is 7.39. The van der Waals surface area contributed by atoms with Gasteiger partial charge in [-0.15, -0.1) is 6.42 Å². The molecule has 2 aromatic carbocycles. The van der Waals surface area contributed by atoms with Gasteiger partial charge < -0.3 is 10.6 Å². The van der Waals surface area contributed by atoms with E-state index in [1.807, 2.05) is 18.2 Å². The Labute approximate surface area is 129 Å². The van der Waals surface area contributed by atoms with Gasteiger partial charge in [-0.25, -0.2) is 4.39 Å². The quantitative estimate of drug-likeness (QED) is 0.862. The summed E-state index contributed by atoms with van der Waals surface area (Å²) in [6.45, 7) is 0.445. The first kappa shape index (κ1) is 15.7. The van der Waals surface area contributed by atoms with E-state index in [1.165, 1.54) is 17.0 Å². The van der Waals surface area contributed by atoms with Crippen LogP contribution >= 0.6 is 0 Å². The normalized spacial score (nSPS) is 11.5. The third-order valence-corrected chi connectivity index (χ3v) is 3.31. The third-order valence-electron chi connectivity index (χ3n) is 3.31. The van der Waals surface area contributed by atoms with Gasteiger partial charge in [-0.3, -0.25) is 4.79 Å². The molecule has 2 N–H and O–H groups in total. The van der Waals surface area contributed by atoms with Gasteiger partial charge in [0.2, 0.25) is 5.91 Å². The van der Waals surface area contributed by atoms with E-state index in [0.29, 0.717) is 6.54 Å². The maximum absolute atomic E-state index is 12.9. The van der Waals surface area contributed by atoms with Gasteiger partial charge in [0.05, 0.1) is 6.54 Å². The molecule has 3 nitrogen and oxygen atoms in total. The van der Waals surface area contributed by atoms with Crippen molar-refractivity contribution in [3.05, 3.63) is 71.5 Å². The highest BCUT2D eigenvalue weighted by Gasteiger charge is 2.22. The fourth-order valence-corrected chi connectivity index (χ4v) is 2.13. The van der Waals surface area contributed by atoms with Crippen molar-refractivity contribution in [3.63, 3.8) is 0 Å². The molecule has 0 saturated carbocycles. The van der Waals surface area contributed by atoms with Gasteiger partial charge in [0.25, 0.3) is 0 Å². The molecule has 0 spiro atoms. The van der Waals surface area contributed by atoms with E-state index in [9.17, 15) is 9.18 Å². The Hall–Kier alpha value is -2.64. The Morgan fingerprint density at radius 2 is 1.82 bits per heavy atom. The van der Waals surface area contributed by atoms with E-state index in [0.717, 1.165) is 11.1 Å². The fraction of sp³-hybridized carbons (Fsp3) is 0.167. The van der Waals surface area contributed by atoms with Crippen LogP contribution in [-0.2, 0) is 11.3 Å². The number of rotatable bonds is 5. The van der Waals surface area contributed by atoms with Crippen LogP contribution in [0.4, 0.5) is 4.39 Å². The zero-order chi connectivity index (χ0) is 15.9. The van der Waals surface area contributed by atoms with Crippen molar-refractivity contribution in [3.8, 4) is 12.3 Å². The molecule has 112 valence electrons. The van der Waals surface area contributed by atoms with Gasteiger partial charge in [0.1, 0.15) is 11.9 Å². The number of halogens is 1. The predicted octanol–water partition coefficient (Wildman–Crippen LogP) is 2.49. The average molecular weight is 296 g/mol. The van der Waals surface area contributed by atoms with Crippen molar-refractivity contribution in [2.75, 3.05) is 6.54 Å². The minimum absolute atomic E-state index is 0.150. The lowest BCUT2D eigenvalue weighted by molar-refractivity contribution is -0.132. The number of hydrogen-bond donors (Lipinski definition) is 1. The van der Waals surface area contributed by atoms with Gasteiger partial charge in [-0.1, -0.05) is 48.4 Å². The van der Waals surface area contributed by atoms with Crippen LogP contribution in [0, 0.1) is 18.2 Å². The molecule has 0 fully saturated rings. The van der Waals surface area contributed by atoms with Gasteiger partial charge in [0, 0.05) is 6.54 Å². The summed E-state index contributed by atoms with van der Waals surface area (Å²) in [6.07, 6.45) is 5.34. The molecule has 1 atom stereocenters. The van der Waals surface area contributed by atoms with Gasteiger partial charge >= 0.3 is 0 Å². The van der Waals surface area contributed by atoms with Crippen molar-refractivity contribution < 1.29 is 9.18 Å². The van der Waals surface area contributed by atoms with E-state index in [1.54, 1.807) is 24.3 Å². The molecule has 0 saturated heterocycles. The van der Waals surface area contributed by atoms with Crippen LogP contribution in [0.5, 0.6) is 0 Å². The highest BCUT2D eigenvalue weighted by atomic mass is 19.1. The van der Waals surface area contributed by atoms with Crippen molar-refractivity contribution in [2.24, 2.45) is 5.73 Å². The first-order chi connectivity index (χ1) is 10.6. The number of terminal acetylenes is 1. The monoisotopic (exact) mass is 296 g/mol. The van der Waals surface area contributed by atoms with E-state index in [4.69, 9.17) is 12.2 Å². The van der Waals surface area contributed by atoms with Crippen LogP contribution in [0.15, 0.2) is 54.6 Å². The lowest BCUT2D eigenvalue weighted by atomic mass is 10.1. The van der Waals surface area contributed by atoms with E-state index in [2.05, 4.69) is 5.92 Å². The molecule has 4 heteroatoms. The molecule has 0 aliphatic heterocycles. The number of hydrogen-bond acceptors (Lipinski definition) is 2. The second-order valence-corrected chi connectivity index (χ2v) is 4.91. The number of nitrogens with zero attached hydrogens (tertiary/aromatic N) is 1. The molecule has 0 bridgehead atoms. The van der Waals surface area contributed by atoms with Crippen LogP contribution in [0.25, 0.3) is 0 Å². The molecule has 0 aromatic heterocycles. The number of amides is 1. The summed E-state index contributed by atoms with van der Waals surface area (Å²) >= 11 is 0. The zero-order valence-corrected chi connectivity index (χ0v) is 12.1. The number of carbonyl (C=O) groups is 1. The fourth-order valence-electron chi connectivity index (χ4n) is 2.13. The van der Waals surface area contributed by atoms with Crippen LogP contribution in [0.1, 0.15) is 17.2 Å². The molecule has 0 radical (unpaired) electrons. The minimum atomic E-state index is -0.769. The minimum Gasteiger partial charge on any atom is -0.326 e. The molecule has 2 aromatic rings. The summed E-state index contributed by atoms with van der Waals surface area (Å²) in [5.41, 5.74) is 7.55. The Balaban J connectivity index is 2.15. The van der Waals surface area contributed by atoms with E-state index in [-0.39, 0.29) is 18.3 Å². The Kier molecular flexibility index (Phi) is 5.29. The summed E-state index contributed by atoms with van der Waals surface area (Å²) in [5.74, 6) is 1.89. The van der Waals surface area contributed by atoms with Crippen LogP contribution in [-0.4, -0.2) is 17.4 Å². The molecular weight excluding hydrogens is 279 g/mol. The van der Waals surface area contributed by atoms with E-state index < -0.39 is 6.04 Å². The molecule has 1 amide bonds.